The monoisotopic (exact) mass is 283 g/mol. The first-order chi connectivity index (χ1) is 9.95. The number of benzene rings is 1. The van der Waals surface area contributed by atoms with Crippen molar-refractivity contribution in [2.45, 2.75) is 32.9 Å². The lowest BCUT2D eigenvalue weighted by atomic mass is 10.0. The summed E-state index contributed by atoms with van der Waals surface area (Å²) in [5, 5.41) is 8.15. The Kier molecular flexibility index (Phi) is 3.12. The molecule has 0 radical (unpaired) electrons. The number of ether oxygens (including phenoxy) is 1. The van der Waals surface area contributed by atoms with Crippen molar-refractivity contribution in [1.29, 1.82) is 0 Å². The predicted molar refractivity (Wildman–Crippen MR) is 78.6 cm³/mol. The van der Waals surface area contributed by atoms with Crippen LogP contribution in [0.15, 0.2) is 36.2 Å². The van der Waals surface area contributed by atoms with E-state index in [2.05, 4.69) is 10.3 Å². The second kappa shape index (κ2) is 4.84. The first kappa shape index (κ1) is 13.5. The van der Waals surface area contributed by atoms with Crippen LogP contribution in [-0.4, -0.2) is 20.8 Å². The smallest absolute Gasteiger partial charge is 0.228 e. The third kappa shape index (κ3) is 2.59. The lowest BCUT2D eigenvalue weighted by molar-refractivity contribution is 0.0871. The molecule has 1 aromatic carbocycles. The highest BCUT2D eigenvalue weighted by atomic mass is 16.5. The average Bonchev–Trinajstić information content (AvgIpc) is 2.91. The molecule has 5 heteroatoms. The topological polar surface area (TPSA) is 57.0 Å². The molecule has 0 N–H and O–H groups in total. The Hall–Kier alpha value is -2.43. The van der Waals surface area contributed by atoms with Crippen molar-refractivity contribution < 1.29 is 9.53 Å². The number of rotatable bonds is 1. The SMILES string of the molecule is CC(C)(C)n1cc(C=C2OCc3ccccc3C2=O)nn1. The van der Waals surface area contributed by atoms with Crippen molar-refractivity contribution in [3.05, 3.63) is 53.0 Å². The number of ketones is 1. The van der Waals surface area contributed by atoms with Gasteiger partial charge in [0.25, 0.3) is 0 Å². The normalized spacial score (nSPS) is 16.7. The van der Waals surface area contributed by atoms with Gasteiger partial charge in [-0.2, -0.15) is 0 Å². The zero-order valence-electron chi connectivity index (χ0n) is 12.3. The molecule has 21 heavy (non-hydrogen) atoms. The molecule has 2 heterocycles. The third-order valence-corrected chi connectivity index (χ3v) is 3.35. The summed E-state index contributed by atoms with van der Waals surface area (Å²) >= 11 is 0. The van der Waals surface area contributed by atoms with Gasteiger partial charge in [0.1, 0.15) is 12.3 Å². The summed E-state index contributed by atoms with van der Waals surface area (Å²) in [7, 11) is 0. The maximum Gasteiger partial charge on any atom is 0.228 e. The van der Waals surface area contributed by atoms with Crippen molar-refractivity contribution in [3.63, 3.8) is 0 Å². The van der Waals surface area contributed by atoms with Crippen LogP contribution in [-0.2, 0) is 16.9 Å². The van der Waals surface area contributed by atoms with Gasteiger partial charge < -0.3 is 4.74 Å². The molecule has 5 nitrogen and oxygen atoms in total. The number of hydrogen-bond donors (Lipinski definition) is 0. The van der Waals surface area contributed by atoms with E-state index < -0.39 is 0 Å². The molecule has 108 valence electrons. The fourth-order valence-electron chi connectivity index (χ4n) is 2.13. The number of Topliss-reactive ketones (excluding diaryl/α,β-unsaturated/α-hetero) is 1. The highest BCUT2D eigenvalue weighted by Crippen LogP contribution is 2.24. The lowest BCUT2D eigenvalue weighted by Crippen LogP contribution is -2.22. The van der Waals surface area contributed by atoms with Gasteiger partial charge in [0.2, 0.25) is 5.78 Å². The van der Waals surface area contributed by atoms with Crippen molar-refractivity contribution >= 4 is 11.9 Å². The molecule has 0 amide bonds. The van der Waals surface area contributed by atoms with Gasteiger partial charge in [-0.15, -0.1) is 5.10 Å². The largest absolute Gasteiger partial charge is 0.485 e. The molecule has 1 aromatic heterocycles. The number of nitrogens with zero attached hydrogens (tertiary/aromatic N) is 3. The maximum atomic E-state index is 12.4. The van der Waals surface area contributed by atoms with Gasteiger partial charge in [-0.05, 0) is 20.8 Å². The number of hydrogen-bond acceptors (Lipinski definition) is 4. The number of aromatic nitrogens is 3. The van der Waals surface area contributed by atoms with E-state index in [1.165, 1.54) is 0 Å². The van der Waals surface area contributed by atoms with Crippen LogP contribution in [0.5, 0.6) is 0 Å². The maximum absolute atomic E-state index is 12.4. The van der Waals surface area contributed by atoms with E-state index in [0.29, 0.717) is 23.6 Å². The summed E-state index contributed by atoms with van der Waals surface area (Å²) in [5.41, 5.74) is 2.08. The molecule has 0 bridgehead atoms. The van der Waals surface area contributed by atoms with Crippen LogP contribution in [0.25, 0.3) is 6.08 Å². The van der Waals surface area contributed by atoms with Crippen LogP contribution in [0.1, 0.15) is 42.4 Å². The van der Waals surface area contributed by atoms with Gasteiger partial charge >= 0.3 is 0 Å². The molecule has 1 aliphatic rings. The zero-order chi connectivity index (χ0) is 15.0. The van der Waals surface area contributed by atoms with Crippen molar-refractivity contribution in [2.24, 2.45) is 0 Å². The van der Waals surface area contributed by atoms with E-state index in [1.54, 1.807) is 10.8 Å². The molecule has 2 aromatic rings. The van der Waals surface area contributed by atoms with E-state index in [-0.39, 0.29) is 11.3 Å². The van der Waals surface area contributed by atoms with Crippen LogP contribution in [0.4, 0.5) is 0 Å². The summed E-state index contributed by atoms with van der Waals surface area (Å²) in [6.45, 7) is 6.52. The second-order valence-electron chi connectivity index (χ2n) is 6.04. The quantitative estimate of drug-likeness (QED) is 0.755. The summed E-state index contributed by atoms with van der Waals surface area (Å²) in [4.78, 5) is 12.4. The van der Waals surface area contributed by atoms with E-state index in [9.17, 15) is 4.79 Å². The molecule has 0 unspecified atom stereocenters. The van der Waals surface area contributed by atoms with Crippen LogP contribution < -0.4 is 0 Å². The molecule has 0 aliphatic carbocycles. The highest BCUT2D eigenvalue weighted by Gasteiger charge is 2.23. The Balaban J connectivity index is 1.92. The minimum atomic E-state index is -0.145. The summed E-state index contributed by atoms with van der Waals surface area (Å²) in [5.74, 6) is 0.205. The fourth-order valence-corrected chi connectivity index (χ4v) is 2.13. The minimum Gasteiger partial charge on any atom is -0.485 e. The molecule has 0 fully saturated rings. The lowest BCUT2D eigenvalue weighted by Gasteiger charge is -2.18. The van der Waals surface area contributed by atoms with E-state index in [0.717, 1.165) is 5.56 Å². The Bertz CT molecular complexity index is 723. The van der Waals surface area contributed by atoms with Gasteiger partial charge in [-0.25, -0.2) is 4.68 Å². The Morgan fingerprint density at radius 2 is 2.05 bits per heavy atom. The zero-order valence-corrected chi connectivity index (χ0v) is 12.3. The fraction of sp³-hybridized carbons (Fsp3) is 0.312. The van der Waals surface area contributed by atoms with E-state index >= 15 is 0 Å². The standard InChI is InChI=1S/C16H17N3O2/c1-16(2,3)19-9-12(17-18-19)8-14-15(20)13-7-5-4-6-11(13)10-21-14/h4-9H,10H2,1-3H3. The van der Waals surface area contributed by atoms with Crippen LogP contribution in [0.2, 0.25) is 0 Å². The summed E-state index contributed by atoms with van der Waals surface area (Å²) in [6, 6.07) is 7.48. The predicted octanol–water partition coefficient (Wildman–Crippen LogP) is 2.79. The van der Waals surface area contributed by atoms with Crippen molar-refractivity contribution in [2.75, 3.05) is 0 Å². The first-order valence-electron chi connectivity index (χ1n) is 6.85. The van der Waals surface area contributed by atoms with Gasteiger partial charge in [0, 0.05) is 17.2 Å². The number of carbonyl (C=O) groups excluding carboxylic acids is 1. The third-order valence-electron chi connectivity index (χ3n) is 3.35. The Morgan fingerprint density at radius 3 is 2.76 bits per heavy atom. The van der Waals surface area contributed by atoms with Gasteiger partial charge in [-0.1, -0.05) is 29.5 Å². The van der Waals surface area contributed by atoms with Gasteiger partial charge in [-0.3, -0.25) is 4.79 Å². The molecule has 0 saturated carbocycles. The number of fused-ring (bicyclic) bond motifs is 1. The van der Waals surface area contributed by atoms with Crippen LogP contribution in [0, 0.1) is 0 Å². The first-order valence-corrected chi connectivity index (χ1v) is 6.85. The van der Waals surface area contributed by atoms with Gasteiger partial charge in [0.05, 0.1) is 11.7 Å². The summed E-state index contributed by atoms with van der Waals surface area (Å²) < 4.78 is 7.31. The molecule has 1 aliphatic heterocycles. The Labute approximate surface area is 123 Å². The Morgan fingerprint density at radius 1 is 1.29 bits per heavy atom. The molecule has 3 rings (SSSR count). The minimum absolute atomic E-state index is 0.109. The summed E-state index contributed by atoms with van der Waals surface area (Å²) in [6.07, 6.45) is 3.46. The van der Waals surface area contributed by atoms with E-state index in [1.807, 2.05) is 51.2 Å². The molecule has 0 atom stereocenters. The van der Waals surface area contributed by atoms with Gasteiger partial charge in [0.15, 0.2) is 5.76 Å². The highest BCUT2D eigenvalue weighted by molar-refractivity contribution is 6.11. The molecular formula is C16H17N3O2. The van der Waals surface area contributed by atoms with Crippen LogP contribution in [0.3, 0.4) is 0 Å². The molecule has 0 saturated heterocycles. The number of carbonyl (C=O) groups is 1. The number of allylic oxidation sites excluding steroid dienone is 1. The van der Waals surface area contributed by atoms with Crippen LogP contribution >= 0.6 is 0 Å². The second-order valence-corrected chi connectivity index (χ2v) is 6.04. The molecule has 0 spiro atoms. The molecular weight excluding hydrogens is 266 g/mol. The average molecular weight is 283 g/mol. The van der Waals surface area contributed by atoms with Crippen molar-refractivity contribution in [3.8, 4) is 0 Å². The van der Waals surface area contributed by atoms with E-state index in [4.69, 9.17) is 4.74 Å². The van der Waals surface area contributed by atoms with Crippen molar-refractivity contribution in [1.82, 2.24) is 15.0 Å².